The number of nitrogens with two attached hydrogens (primary N) is 1. The molecule has 1 saturated carbocycles. The molecule has 0 aromatic heterocycles. The van der Waals surface area contributed by atoms with Gasteiger partial charge in [0.25, 0.3) is 0 Å². The predicted octanol–water partition coefficient (Wildman–Crippen LogP) is 0.489. The van der Waals surface area contributed by atoms with E-state index in [0.717, 1.165) is 25.7 Å². The smallest absolute Gasteiger partial charge is 0.242 e. The Kier molecular flexibility index (Phi) is 4.80. The second-order valence-electron chi connectivity index (χ2n) is 5.81. The Labute approximate surface area is 114 Å². The Morgan fingerprint density at radius 2 is 2.26 bits per heavy atom. The molecular formula is C14H25N3O2. The lowest BCUT2D eigenvalue weighted by Crippen LogP contribution is -2.57. The summed E-state index contributed by atoms with van der Waals surface area (Å²) in [6.07, 6.45) is 5.22. The fourth-order valence-electron chi connectivity index (χ4n) is 3.33. The van der Waals surface area contributed by atoms with Crippen LogP contribution in [-0.4, -0.2) is 42.4 Å². The van der Waals surface area contributed by atoms with Crippen LogP contribution >= 0.6 is 0 Å². The van der Waals surface area contributed by atoms with Crippen LogP contribution in [0.5, 0.6) is 0 Å². The number of carbonyl (C=O) groups is 2. The summed E-state index contributed by atoms with van der Waals surface area (Å²) in [5, 5.41) is 2.80. The molecule has 0 radical (unpaired) electrons. The summed E-state index contributed by atoms with van der Waals surface area (Å²) in [4.78, 5) is 26.0. The summed E-state index contributed by atoms with van der Waals surface area (Å²) in [7, 11) is 0. The van der Waals surface area contributed by atoms with Crippen molar-refractivity contribution in [2.45, 2.75) is 45.1 Å². The maximum atomic E-state index is 12.6. The van der Waals surface area contributed by atoms with Crippen LogP contribution in [0.1, 0.15) is 39.0 Å². The molecule has 3 atom stereocenters. The summed E-state index contributed by atoms with van der Waals surface area (Å²) in [5.74, 6) is 0.818. The van der Waals surface area contributed by atoms with E-state index in [9.17, 15) is 9.59 Å². The molecule has 0 bridgehead atoms. The van der Waals surface area contributed by atoms with Crippen molar-refractivity contribution in [2.75, 3.05) is 19.6 Å². The second kappa shape index (κ2) is 6.37. The summed E-state index contributed by atoms with van der Waals surface area (Å²) >= 11 is 0. The first-order valence-electron chi connectivity index (χ1n) is 7.41. The van der Waals surface area contributed by atoms with Gasteiger partial charge in [0.2, 0.25) is 11.8 Å². The molecule has 1 aliphatic carbocycles. The van der Waals surface area contributed by atoms with Gasteiger partial charge in [0, 0.05) is 19.0 Å². The van der Waals surface area contributed by atoms with Gasteiger partial charge >= 0.3 is 0 Å². The average Bonchev–Trinajstić information content (AvgIpc) is 2.42. The van der Waals surface area contributed by atoms with Crippen LogP contribution in [0.2, 0.25) is 0 Å². The van der Waals surface area contributed by atoms with Crippen molar-refractivity contribution in [1.82, 2.24) is 10.2 Å². The molecular weight excluding hydrogens is 242 g/mol. The van der Waals surface area contributed by atoms with Gasteiger partial charge in [-0.05, 0) is 38.6 Å². The number of nitrogens with zero attached hydrogens (tertiary/aromatic N) is 1. The van der Waals surface area contributed by atoms with E-state index in [2.05, 4.69) is 5.32 Å². The molecule has 0 spiro atoms. The van der Waals surface area contributed by atoms with Crippen molar-refractivity contribution < 1.29 is 9.59 Å². The van der Waals surface area contributed by atoms with E-state index in [1.54, 1.807) is 4.90 Å². The molecule has 2 amide bonds. The van der Waals surface area contributed by atoms with Crippen LogP contribution in [0.3, 0.4) is 0 Å². The predicted molar refractivity (Wildman–Crippen MR) is 73.3 cm³/mol. The minimum absolute atomic E-state index is 0.0334. The molecule has 0 aromatic rings. The summed E-state index contributed by atoms with van der Waals surface area (Å²) in [6.45, 7) is 3.73. The highest BCUT2D eigenvalue weighted by molar-refractivity contribution is 5.89. The van der Waals surface area contributed by atoms with E-state index in [4.69, 9.17) is 5.73 Å². The molecule has 0 aromatic carbocycles. The number of rotatable bonds is 3. The second-order valence-corrected chi connectivity index (χ2v) is 5.81. The molecule has 2 aliphatic rings. The van der Waals surface area contributed by atoms with E-state index in [-0.39, 0.29) is 23.8 Å². The topological polar surface area (TPSA) is 75.4 Å². The number of hydrogen-bond donors (Lipinski definition) is 2. The summed E-state index contributed by atoms with van der Waals surface area (Å²) < 4.78 is 0. The third kappa shape index (κ3) is 3.26. The summed E-state index contributed by atoms with van der Waals surface area (Å²) in [6, 6.07) is -0.323. The molecule has 1 aliphatic heterocycles. The lowest BCUT2D eigenvalue weighted by Gasteiger charge is -2.37. The molecule has 1 saturated heterocycles. The van der Waals surface area contributed by atoms with E-state index in [0.29, 0.717) is 25.6 Å². The van der Waals surface area contributed by atoms with Gasteiger partial charge in [0.15, 0.2) is 0 Å². The quantitative estimate of drug-likeness (QED) is 0.781. The molecule has 2 rings (SSSR count). The Morgan fingerprint density at radius 1 is 1.47 bits per heavy atom. The molecule has 2 fully saturated rings. The monoisotopic (exact) mass is 267 g/mol. The Hall–Kier alpha value is -1.10. The zero-order valence-corrected chi connectivity index (χ0v) is 11.7. The van der Waals surface area contributed by atoms with Crippen LogP contribution in [0.4, 0.5) is 0 Å². The van der Waals surface area contributed by atoms with Gasteiger partial charge in [-0.3, -0.25) is 9.59 Å². The van der Waals surface area contributed by atoms with Crippen molar-refractivity contribution in [1.29, 1.82) is 0 Å². The minimum Gasteiger partial charge on any atom is -0.353 e. The summed E-state index contributed by atoms with van der Waals surface area (Å²) in [5.41, 5.74) is 5.62. The van der Waals surface area contributed by atoms with Gasteiger partial charge in [0.1, 0.15) is 6.04 Å². The van der Waals surface area contributed by atoms with Gasteiger partial charge in [-0.15, -0.1) is 0 Å². The first-order chi connectivity index (χ1) is 9.13. The molecule has 5 heteroatoms. The molecule has 108 valence electrons. The van der Waals surface area contributed by atoms with E-state index < -0.39 is 0 Å². The molecule has 19 heavy (non-hydrogen) atoms. The standard InChI is InChI=1S/C14H25N3O2/c1-10-13(18)16-7-8-17(10)14(19)12-4-2-3-11(9-12)5-6-15/h10-12H,2-9,15H2,1H3,(H,16,18). The van der Waals surface area contributed by atoms with Gasteiger partial charge in [0.05, 0.1) is 0 Å². The molecule has 3 unspecified atom stereocenters. The third-order valence-electron chi connectivity index (χ3n) is 4.49. The van der Waals surface area contributed by atoms with E-state index >= 15 is 0 Å². The molecule has 3 N–H and O–H groups in total. The average molecular weight is 267 g/mol. The SMILES string of the molecule is CC1C(=O)NCCN1C(=O)C1CCCC(CCN)C1. The zero-order valence-electron chi connectivity index (χ0n) is 11.7. The van der Waals surface area contributed by atoms with Crippen molar-refractivity contribution in [3.63, 3.8) is 0 Å². The number of carbonyl (C=O) groups excluding carboxylic acids is 2. The maximum Gasteiger partial charge on any atom is 0.242 e. The van der Waals surface area contributed by atoms with Gasteiger partial charge in [-0.2, -0.15) is 0 Å². The number of nitrogens with one attached hydrogen (secondary N) is 1. The minimum atomic E-state index is -0.323. The van der Waals surface area contributed by atoms with Crippen LogP contribution in [0.25, 0.3) is 0 Å². The Morgan fingerprint density at radius 3 is 3.00 bits per heavy atom. The normalized spacial score (nSPS) is 32.0. The van der Waals surface area contributed by atoms with Crippen LogP contribution in [0, 0.1) is 11.8 Å². The van der Waals surface area contributed by atoms with Crippen LogP contribution < -0.4 is 11.1 Å². The van der Waals surface area contributed by atoms with Crippen molar-refractivity contribution >= 4 is 11.8 Å². The van der Waals surface area contributed by atoms with Crippen molar-refractivity contribution in [3.05, 3.63) is 0 Å². The van der Waals surface area contributed by atoms with E-state index in [1.807, 2.05) is 6.92 Å². The maximum absolute atomic E-state index is 12.6. The Balaban J connectivity index is 1.96. The van der Waals surface area contributed by atoms with Gasteiger partial charge < -0.3 is 16.0 Å². The molecule has 1 heterocycles. The lowest BCUT2D eigenvalue weighted by atomic mass is 9.79. The fourth-order valence-corrected chi connectivity index (χ4v) is 3.33. The Bertz CT molecular complexity index is 344. The van der Waals surface area contributed by atoms with Gasteiger partial charge in [-0.1, -0.05) is 12.8 Å². The first-order valence-corrected chi connectivity index (χ1v) is 7.41. The number of amides is 2. The van der Waals surface area contributed by atoms with E-state index in [1.165, 1.54) is 6.42 Å². The molecule has 5 nitrogen and oxygen atoms in total. The highest BCUT2D eigenvalue weighted by Gasteiger charge is 2.35. The largest absolute Gasteiger partial charge is 0.353 e. The van der Waals surface area contributed by atoms with Crippen molar-refractivity contribution in [2.24, 2.45) is 17.6 Å². The van der Waals surface area contributed by atoms with Gasteiger partial charge in [-0.25, -0.2) is 0 Å². The number of piperazine rings is 1. The van der Waals surface area contributed by atoms with Crippen molar-refractivity contribution in [3.8, 4) is 0 Å². The highest BCUT2D eigenvalue weighted by Crippen LogP contribution is 2.32. The fraction of sp³-hybridized carbons (Fsp3) is 0.857. The third-order valence-corrected chi connectivity index (χ3v) is 4.49. The van der Waals surface area contributed by atoms with Crippen LogP contribution in [-0.2, 0) is 9.59 Å². The zero-order chi connectivity index (χ0) is 13.8. The number of hydrogen-bond acceptors (Lipinski definition) is 3. The highest BCUT2D eigenvalue weighted by atomic mass is 16.2. The lowest BCUT2D eigenvalue weighted by molar-refractivity contribution is -0.146. The first kappa shape index (κ1) is 14.3. The van der Waals surface area contributed by atoms with Crippen LogP contribution in [0.15, 0.2) is 0 Å².